The van der Waals surface area contributed by atoms with Gasteiger partial charge in [0.2, 0.25) is 11.9 Å². The smallest absolute Gasteiger partial charge is 0.331 e. The van der Waals surface area contributed by atoms with Crippen LogP contribution in [0, 0.1) is 0 Å². The second-order valence-electron chi connectivity index (χ2n) is 15.9. The second-order valence-corrected chi connectivity index (χ2v) is 15.9. The first-order valence-corrected chi connectivity index (χ1v) is 20.5. The summed E-state index contributed by atoms with van der Waals surface area (Å²) in [5, 5.41) is 4.27. The van der Waals surface area contributed by atoms with E-state index in [1.165, 1.54) is 10.5 Å². The van der Waals surface area contributed by atoms with Gasteiger partial charge >= 0.3 is 6.03 Å². The largest absolute Gasteiger partial charge is 0.497 e. The minimum absolute atomic E-state index is 0.0125. The maximum absolute atomic E-state index is 13.5. The number of nitrogens with one attached hydrogen (secondary N) is 1. The SMILES string of the molecule is COc1ccc(CN2C(=O)CCN(c3cccc(CN4CCN(CCc5ccc(Nc6ncc7cc(C(=O)N(C)C)n(C8CCCC8)c7n6)cc5)CC4)c3)C2=O)cc1. The first-order chi connectivity index (χ1) is 28.2. The van der Waals surface area contributed by atoms with Gasteiger partial charge in [-0.3, -0.25) is 24.3 Å². The van der Waals surface area contributed by atoms with Crippen molar-refractivity contribution in [3.05, 3.63) is 107 Å². The Morgan fingerprint density at radius 2 is 1.57 bits per heavy atom. The van der Waals surface area contributed by atoms with E-state index in [1.807, 2.05) is 48.7 Å². The number of ether oxygens (including phenoxy) is 1. The average molecular weight is 784 g/mol. The Hall–Kier alpha value is -5.79. The van der Waals surface area contributed by atoms with Crippen LogP contribution >= 0.6 is 0 Å². The molecule has 2 saturated heterocycles. The van der Waals surface area contributed by atoms with E-state index in [4.69, 9.17) is 9.72 Å². The van der Waals surface area contributed by atoms with Crippen molar-refractivity contribution in [2.75, 3.05) is 70.7 Å². The summed E-state index contributed by atoms with van der Waals surface area (Å²) in [5.74, 6) is 1.09. The van der Waals surface area contributed by atoms with Crippen molar-refractivity contribution < 1.29 is 19.1 Å². The summed E-state index contributed by atoms with van der Waals surface area (Å²) in [6.45, 7) is 6.35. The van der Waals surface area contributed by atoms with Crippen LogP contribution in [0.15, 0.2) is 85.1 Å². The maximum Gasteiger partial charge on any atom is 0.331 e. The molecule has 0 bridgehead atoms. The lowest BCUT2D eigenvalue weighted by Gasteiger charge is -2.36. The monoisotopic (exact) mass is 783 g/mol. The molecule has 1 N–H and O–H groups in total. The van der Waals surface area contributed by atoms with Crippen LogP contribution in [0.4, 0.5) is 22.1 Å². The van der Waals surface area contributed by atoms with E-state index in [0.29, 0.717) is 24.6 Å². The van der Waals surface area contributed by atoms with Gasteiger partial charge in [0.1, 0.15) is 17.1 Å². The maximum atomic E-state index is 13.5. The molecule has 4 heterocycles. The average Bonchev–Trinajstić information content (AvgIpc) is 3.91. The van der Waals surface area contributed by atoms with Gasteiger partial charge in [0.05, 0.1) is 13.7 Å². The number of amides is 4. The molecule has 0 unspecified atom stereocenters. The minimum Gasteiger partial charge on any atom is -0.497 e. The Labute approximate surface area is 340 Å². The van der Waals surface area contributed by atoms with Gasteiger partial charge in [0, 0.05) is 95.3 Å². The summed E-state index contributed by atoms with van der Waals surface area (Å²) in [5.41, 5.74) is 6.54. The number of carbonyl (C=O) groups is 3. The van der Waals surface area contributed by atoms with Crippen LogP contribution in [-0.4, -0.2) is 112 Å². The number of nitrogens with zero attached hydrogens (tertiary/aromatic N) is 8. The number of benzene rings is 3. The molecule has 3 fully saturated rings. The van der Waals surface area contributed by atoms with Gasteiger partial charge in [-0.15, -0.1) is 0 Å². The molecule has 1 aliphatic carbocycles. The zero-order chi connectivity index (χ0) is 40.2. The van der Waals surface area contributed by atoms with Gasteiger partial charge in [-0.25, -0.2) is 9.78 Å². The third-order valence-corrected chi connectivity index (χ3v) is 11.7. The minimum atomic E-state index is -0.283. The number of rotatable bonds is 13. The van der Waals surface area contributed by atoms with E-state index in [2.05, 4.69) is 61.1 Å². The van der Waals surface area contributed by atoms with Crippen molar-refractivity contribution in [2.24, 2.45) is 0 Å². The number of methoxy groups -OCH3 is 1. The quantitative estimate of drug-likeness (QED) is 0.139. The van der Waals surface area contributed by atoms with Gasteiger partial charge < -0.3 is 24.4 Å². The highest BCUT2D eigenvalue weighted by Crippen LogP contribution is 2.35. The normalized spacial score (nSPS) is 17.0. The molecule has 8 rings (SSSR count). The molecule has 13 nitrogen and oxygen atoms in total. The van der Waals surface area contributed by atoms with Crippen LogP contribution in [0.25, 0.3) is 11.0 Å². The van der Waals surface area contributed by atoms with Crippen LogP contribution in [0.2, 0.25) is 0 Å². The molecule has 2 aliphatic heterocycles. The number of carbonyl (C=O) groups excluding carboxylic acids is 3. The molecule has 0 spiro atoms. The van der Waals surface area contributed by atoms with E-state index in [0.717, 1.165) is 111 Å². The van der Waals surface area contributed by atoms with Crippen molar-refractivity contribution in [1.29, 1.82) is 0 Å². The number of anilines is 3. The van der Waals surface area contributed by atoms with Crippen molar-refractivity contribution in [2.45, 2.75) is 57.7 Å². The number of hydrogen-bond acceptors (Lipinski definition) is 9. The Kier molecular flexibility index (Phi) is 11.7. The Morgan fingerprint density at radius 3 is 2.29 bits per heavy atom. The Bertz CT molecular complexity index is 2240. The lowest BCUT2D eigenvalue weighted by atomic mass is 10.1. The standard InChI is InChI=1S/C45H53N9O4/c1-49(2)43(56)40-28-35-29-46-44(48-42(35)54(40)37-8-4-5-9-37)47-36-15-11-32(12-16-36)19-21-50-23-25-51(26-24-50)30-34-7-6-10-38(27-34)52-22-20-41(55)53(45(52)57)31-33-13-17-39(58-3)18-14-33/h6-7,10-18,27-29,37H,4-5,8-9,19-26,30-31H2,1-3H3,(H,46,47,48). The Morgan fingerprint density at radius 1 is 0.845 bits per heavy atom. The first kappa shape index (κ1) is 39.1. The molecule has 302 valence electrons. The predicted molar refractivity (Wildman–Crippen MR) is 226 cm³/mol. The molecule has 0 atom stereocenters. The predicted octanol–water partition coefficient (Wildman–Crippen LogP) is 6.72. The third kappa shape index (κ3) is 8.70. The summed E-state index contributed by atoms with van der Waals surface area (Å²) < 4.78 is 7.39. The molecular formula is C45H53N9O4. The van der Waals surface area contributed by atoms with Gasteiger partial charge in [0.15, 0.2) is 0 Å². The van der Waals surface area contributed by atoms with Gasteiger partial charge in [-0.1, -0.05) is 49.2 Å². The lowest BCUT2D eigenvalue weighted by Crippen LogP contribution is -2.52. The third-order valence-electron chi connectivity index (χ3n) is 11.7. The van der Waals surface area contributed by atoms with Crippen LogP contribution in [0.3, 0.4) is 0 Å². The van der Waals surface area contributed by atoms with Crippen LogP contribution in [-0.2, 0) is 24.3 Å². The summed E-state index contributed by atoms with van der Waals surface area (Å²) in [4.78, 5) is 58.6. The van der Waals surface area contributed by atoms with E-state index >= 15 is 0 Å². The van der Waals surface area contributed by atoms with E-state index < -0.39 is 0 Å². The fourth-order valence-electron chi connectivity index (χ4n) is 8.42. The highest BCUT2D eigenvalue weighted by molar-refractivity contribution is 6.05. The number of piperazine rings is 1. The molecule has 3 aromatic carbocycles. The molecule has 58 heavy (non-hydrogen) atoms. The number of urea groups is 1. The Balaban J connectivity index is 0.818. The van der Waals surface area contributed by atoms with Crippen molar-refractivity contribution >= 4 is 46.2 Å². The molecule has 0 radical (unpaired) electrons. The van der Waals surface area contributed by atoms with E-state index in [-0.39, 0.29) is 30.4 Å². The topological polar surface area (TPSA) is 119 Å². The summed E-state index contributed by atoms with van der Waals surface area (Å²) >= 11 is 0. The van der Waals surface area contributed by atoms with Crippen molar-refractivity contribution in [1.82, 2.24) is 34.1 Å². The molecule has 4 amide bonds. The van der Waals surface area contributed by atoms with E-state index in [9.17, 15) is 14.4 Å². The number of aromatic nitrogens is 3. The highest BCUT2D eigenvalue weighted by Gasteiger charge is 2.33. The highest BCUT2D eigenvalue weighted by atomic mass is 16.5. The summed E-state index contributed by atoms with van der Waals surface area (Å²) in [6, 6.07) is 26.0. The van der Waals surface area contributed by atoms with Crippen LogP contribution in [0.1, 0.15) is 65.3 Å². The zero-order valence-corrected chi connectivity index (χ0v) is 33.8. The summed E-state index contributed by atoms with van der Waals surface area (Å²) in [6.07, 6.45) is 7.50. The van der Waals surface area contributed by atoms with Gasteiger partial charge in [-0.05, 0) is 78.4 Å². The lowest BCUT2D eigenvalue weighted by molar-refractivity contribution is -0.129. The molecular weight excluding hydrogens is 731 g/mol. The number of hydrogen-bond donors (Lipinski definition) is 1. The number of fused-ring (bicyclic) bond motifs is 1. The van der Waals surface area contributed by atoms with Crippen LogP contribution < -0.4 is 15.0 Å². The van der Waals surface area contributed by atoms with Crippen molar-refractivity contribution in [3.8, 4) is 5.75 Å². The van der Waals surface area contributed by atoms with Gasteiger partial charge in [-0.2, -0.15) is 4.98 Å². The fraction of sp³-hybridized carbons (Fsp3) is 0.400. The molecule has 1 saturated carbocycles. The zero-order valence-electron chi connectivity index (χ0n) is 33.8. The molecule has 5 aromatic rings. The second kappa shape index (κ2) is 17.4. The first-order valence-electron chi connectivity index (χ1n) is 20.5. The fourth-order valence-corrected chi connectivity index (χ4v) is 8.42. The van der Waals surface area contributed by atoms with Crippen LogP contribution in [0.5, 0.6) is 5.75 Å². The van der Waals surface area contributed by atoms with Gasteiger partial charge in [0.25, 0.3) is 5.91 Å². The number of imide groups is 1. The van der Waals surface area contributed by atoms with Crippen molar-refractivity contribution in [3.63, 3.8) is 0 Å². The molecule has 2 aromatic heterocycles. The summed E-state index contributed by atoms with van der Waals surface area (Å²) in [7, 11) is 5.19. The molecule has 3 aliphatic rings. The van der Waals surface area contributed by atoms with E-state index in [1.54, 1.807) is 31.0 Å². The molecule has 13 heteroatoms.